The number of ether oxygens (including phenoxy) is 1. The van der Waals surface area contributed by atoms with Crippen LogP contribution in [0.5, 0.6) is 0 Å². The zero-order chi connectivity index (χ0) is 19.2. The van der Waals surface area contributed by atoms with Crippen molar-refractivity contribution in [2.45, 2.75) is 19.4 Å². The zero-order valence-corrected chi connectivity index (χ0v) is 16.0. The highest BCUT2D eigenvalue weighted by Gasteiger charge is 2.28. The SMILES string of the molecule is C[C@@H](C(=O)NCCCN1CCOCC1)N(c1ccc(F)cc1)S(C)(=O)=O. The fraction of sp³-hybridized carbons (Fsp3) is 0.588. The molecular formula is C17H26FN3O4S. The summed E-state index contributed by atoms with van der Waals surface area (Å²) in [6, 6.07) is 4.09. The van der Waals surface area contributed by atoms with Gasteiger partial charge in [0.25, 0.3) is 0 Å². The number of halogens is 1. The van der Waals surface area contributed by atoms with Crippen LogP contribution in [-0.2, 0) is 19.6 Å². The van der Waals surface area contributed by atoms with Gasteiger partial charge >= 0.3 is 0 Å². The Labute approximate surface area is 154 Å². The maximum Gasteiger partial charge on any atom is 0.243 e. The molecule has 9 heteroatoms. The van der Waals surface area contributed by atoms with E-state index in [9.17, 15) is 17.6 Å². The summed E-state index contributed by atoms with van der Waals surface area (Å²) in [5.74, 6) is -0.857. The van der Waals surface area contributed by atoms with Crippen LogP contribution in [0.25, 0.3) is 0 Å². The molecule has 0 aliphatic carbocycles. The number of carbonyl (C=O) groups is 1. The van der Waals surface area contributed by atoms with Crippen molar-refractivity contribution in [2.24, 2.45) is 0 Å². The molecule has 1 aromatic rings. The largest absolute Gasteiger partial charge is 0.379 e. The van der Waals surface area contributed by atoms with Gasteiger partial charge in [-0.15, -0.1) is 0 Å². The molecule has 1 aromatic carbocycles. The minimum Gasteiger partial charge on any atom is -0.379 e. The van der Waals surface area contributed by atoms with Crippen LogP contribution in [0, 0.1) is 5.82 Å². The Morgan fingerprint density at radius 3 is 2.50 bits per heavy atom. The molecule has 146 valence electrons. The molecule has 1 amide bonds. The lowest BCUT2D eigenvalue weighted by Gasteiger charge is -2.29. The van der Waals surface area contributed by atoms with E-state index in [1.165, 1.54) is 31.2 Å². The number of sulfonamides is 1. The normalized spacial score (nSPS) is 16.9. The van der Waals surface area contributed by atoms with E-state index in [0.29, 0.717) is 6.54 Å². The molecule has 0 spiro atoms. The summed E-state index contributed by atoms with van der Waals surface area (Å²) in [6.07, 6.45) is 1.80. The maximum absolute atomic E-state index is 13.1. The van der Waals surface area contributed by atoms with Gasteiger partial charge in [-0.2, -0.15) is 0 Å². The first-order valence-electron chi connectivity index (χ1n) is 8.62. The molecule has 26 heavy (non-hydrogen) atoms. The maximum atomic E-state index is 13.1. The summed E-state index contributed by atoms with van der Waals surface area (Å²) in [5, 5.41) is 2.78. The number of benzene rings is 1. The number of nitrogens with zero attached hydrogens (tertiary/aromatic N) is 2. The minimum atomic E-state index is -3.69. The summed E-state index contributed by atoms with van der Waals surface area (Å²) in [7, 11) is -3.69. The first-order chi connectivity index (χ1) is 12.3. The summed E-state index contributed by atoms with van der Waals surface area (Å²) in [5.41, 5.74) is 0.255. The Bertz CT molecular complexity index is 690. The number of nitrogens with one attached hydrogen (secondary N) is 1. The van der Waals surface area contributed by atoms with E-state index in [2.05, 4.69) is 10.2 Å². The third kappa shape index (κ3) is 5.93. The molecular weight excluding hydrogens is 361 g/mol. The Hall–Kier alpha value is -1.71. The molecule has 7 nitrogen and oxygen atoms in total. The van der Waals surface area contributed by atoms with Crippen molar-refractivity contribution in [1.82, 2.24) is 10.2 Å². The summed E-state index contributed by atoms with van der Waals surface area (Å²) >= 11 is 0. The molecule has 0 radical (unpaired) electrons. The number of carbonyl (C=O) groups excluding carboxylic acids is 1. The molecule has 0 unspecified atom stereocenters. The van der Waals surface area contributed by atoms with Crippen LogP contribution in [0.15, 0.2) is 24.3 Å². The Kier molecular flexibility index (Phi) is 7.36. The fourth-order valence-electron chi connectivity index (χ4n) is 2.88. The number of amides is 1. The predicted octanol–water partition coefficient (Wildman–Crippen LogP) is 0.819. The molecule has 1 atom stereocenters. The van der Waals surface area contributed by atoms with Crippen molar-refractivity contribution in [3.63, 3.8) is 0 Å². The quantitative estimate of drug-likeness (QED) is 0.668. The van der Waals surface area contributed by atoms with Gasteiger partial charge < -0.3 is 10.1 Å². The zero-order valence-electron chi connectivity index (χ0n) is 15.2. The summed E-state index contributed by atoms with van der Waals surface area (Å²) in [4.78, 5) is 14.7. The van der Waals surface area contributed by atoms with Gasteiger partial charge in [-0.05, 0) is 44.2 Å². The Morgan fingerprint density at radius 1 is 1.31 bits per heavy atom. The molecule has 0 saturated carbocycles. The number of rotatable bonds is 8. The molecule has 1 fully saturated rings. The van der Waals surface area contributed by atoms with Crippen LogP contribution in [0.4, 0.5) is 10.1 Å². The number of hydrogen-bond donors (Lipinski definition) is 1. The molecule has 0 bridgehead atoms. The van der Waals surface area contributed by atoms with E-state index >= 15 is 0 Å². The van der Waals surface area contributed by atoms with Gasteiger partial charge in [-0.1, -0.05) is 0 Å². The lowest BCUT2D eigenvalue weighted by molar-refractivity contribution is -0.121. The van der Waals surface area contributed by atoms with Crippen LogP contribution in [0.3, 0.4) is 0 Å². The monoisotopic (exact) mass is 387 g/mol. The number of hydrogen-bond acceptors (Lipinski definition) is 5. The van der Waals surface area contributed by atoms with Crippen LogP contribution >= 0.6 is 0 Å². The van der Waals surface area contributed by atoms with E-state index in [-0.39, 0.29) is 11.6 Å². The first kappa shape index (κ1) is 20.6. The highest BCUT2D eigenvalue weighted by atomic mass is 32.2. The minimum absolute atomic E-state index is 0.255. The number of anilines is 1. The van der Waals surface area contributed by atoms with Crippen molar-refractivity contribution >= 4 is 21.6 Å². The Balaban J connectivity index is 1.91. The van der Waals surface area contributed by atoms with Crippen LogP contribution < -0.4 is 9.62 Å². The highest BCUT2D eigenvalue weighted by molar-refractivity contribution is 7.92. The number of morpholine rings is 1. The second-order valence-electron chi connectivity index (χ2n) is 6.31. The van der Waals surface area contributed by atoms with Crippen molar-refractivity contribution < 1.29 is 22.3 Å². The van der Waals surface area contributed by atoms with Gasteiger partial charge in [-0.25, -0.2) is 12.8 Å². The second kappa shape index (κ2) is 9.29. The molecule has 2 rings (SSSR count). The topological polar surface area (TPSA) is 79.0 Å². The molecule has 1 aliphatic rings. The van der Waals surface area contributed by atoms with Gasteiger partial charge in [0.15, 0.2) is 0 Å². The van der Waals surface area contributed by atoms with E-state index in [0.717, 1.165) is 49.8 Å². The average molecular weight is 387 g/mol. The van der Waals surface area contributed by atoms with Crippen LogP contribution in [0.1, 0.15) is 13.3 Å². The molecule has 1 saturated heterocycles. The van der Waals surface area contributed by atoms with E-state index in [1.807, 2.05) is 0 Å². The standard InChI is InChI=1S/C17H26FN3O4S/c1-14(17(22)19-8-3-9-20-10-12-25-13-11-20)21(26(2,23)24)16-6-4-15(18)5-7-16/h4-7,14H,3,8-13H2,1-2H3,(H,19,22)/t14-/m0/s1. The second-order valence-corrected chi connectivity index (χ2v) is 8.17. The Morgan fingerprint density at radius 2 is 1.92 bits per heavy atom. The summed E-state index contributed by atoms with van der Waals surface area (Å²) in [6.45, 7) is 6.05. The molecule has 1 heterocycles. The van der Waals surface area contributed by atoms with E-state index in [4.69, 9.17) is 4.74 Å². The van der Waals surface area contributed by atoms with Crippen LogP contribution in [0.2, 0.25) is 0 Å². The van der Waals surface area contributed by atoms with Crippen molar-refractivity contribution in [3.05, 3.63) is 30.1 Å². The van der Waals surface area contributed by atoms with Crippen LogP contribution in [-0.4, -0.2) is 70.9 Å². The third-order valence-corrected chi connectivity index (χ3v) is 5.47. The third-order valence-electron chi connectivity index (χ3n) is 4.22. The summed E-state index contributed by atoms with van der Waals surface area (Å²) < 4.78 is 43.7. The first-order valence-corrected chi connectivity index (χ1v) is 10.5. The molecule has 0 aromatic heterocycles. The van der Waals surface area contributed by atoms with E-state index < -0.39 is 21.9 Å². The lowest BCUT2D eigenvalue weighted by Crippen LogP contribution is -2.48. The van der Waals surface area contributed by atoms with Gasteiger partial charge in [0.1, 0.15) is 11.9 Å². The van der Waals surface area contributed by atoms with Crippen molar-refractivity contribution in [2.75, 3.05) is 50.0 Å². The van der Waals surface area contributed by atoms with Gasteiger partial charge in [-0.3, -0.25) is 14.0 Å². The molecule has 1 aliphatic heterocycles. The van der Waals surface area contributed by atoms with Crippen molar-refractivity contribution in [1.29, 1.82) is 0 Å². The van der Waals surface area contributed by atoms with E-state index in [1.54, 1.807) is 0 Å². The fourth-order valence-corrected chi connectivity index (χ4v) is 4.06. The highest BCUT2D eigenvalue weighted by Crippen LogP contribution is 2.21. The average Bonchev–Trinajstić information content (AvgIpc) is 2.60. The smallest absolute Gasteiger partial charge is 0.243 e. The van der Waals surface area contributed by atoms with Gasteiger partial charge in [0, 0.05) is 19.6 Å². The molecule has 1 N–H and O–H groups in total. The van der Waals surface area contributed by atoms with Crippen molar-refractivity contribution in [3.8, 4) is 0 Å². The predicted molar refractivity (Wildman–Crippen MR) is 98.1 cm³/mol. The van der Waals surface area contributed by atoms with Gasteiger partial charge in [0.2, 0.25) is 15.9 Å². The lowest BCUT2D eigenvalue weighted by atomic mass is 10.2. The van der Waals surface area contributed by atoms with Gasteiger partial charge in [0.05, 0.1) is 25.2 Å².